The van der Waals surface area contributed by atoms with Crippen LogP contribution >= 0.6 is 0 Å². The number of aliphatic carboxylic acids is 1. The van der Waals surface area contributed by atoms with Crippen molar-refractivity contribution in [3.63, 3.8) is 0 Å². The molecule has 0 saturated carbocycles. The maximum atomic E-state index is 10.6. The summed E-state index contributed by atoms with van der Waals surface area (Å²) in [5, 5.41) is 36.7. The van der Waals surface area contributed by atoms with E-state index in [0.717, 1.165) is 0 Å². The monoisotopic (exact) mass is 239 g/mol. The van der Waals surface area contributed by atoms with E-state index in [4.69, 9.17) is 20.9 Å². The van der Waals surface area contributed by atoms with Crippen molar-refractivity contribution < 1.29 is 25.1 Å². The van der Waals surface area contributed by atoms with Crippen LogP contribution in [-0.2, 0) is 11.2 Å². The molecule has 0 bridgehead atoms. The number of carbonyl (C=O) groups is 1. The molecule has 0 heterocycles. The molecule has 0 fully saturated rings. The molecule has 0 aliphatic rings. The molecule has 1 aromatic rings. The van der Waals surface area contributed by atoms with E-state index in [-0.39, 0.29) is 23.2 Å². The number of phenolic OH excluding ortho intramolecular Hbond substituents is 1. The first-order valence-electron chi connectivity index (χ1n) is 5.00. The average molecular weight is 239 g/mol. The molecule has 0 aliphatic heterocycles. The van der Waals surface area contributed by atoms with Crippen LogP contribution in [0.25, 0.3) is 0 Å². The fraction of sp³-hybridized carbons (Fsp3) is 0.300. The largest absolute Gasteiger partial charge is 0.508 e. The number of aryl methyl sites for hydroxylation is 1. The first-order valence-corrected chi connectivity index (χ1v) is 5.00. The van der Waals surface area contributed by atoms with E-state index in [0.29, 0.717) is 5.56 Å². The standard InChI is InChI=1S/C10H14BNO5/c1-5-2-3-6(4-7(12)10(14)15)9(13)8(5)11(16)17/h2-3,7,13,16-17H,4,12H2,1H3,(H,14,15). The number of phenols is 1. The molecule has 0 amide bonds. The normalized spacial score (nSPS) is 12.2. The van der Waals surface area contributed by atoms with E-state index >= 15 is 0 Å². The molecule has 92 valence electrons. The minimum Gasteiger partial charge on any atom is -0.508 e. The van der Waals surface area contributed by atoms with Crippen LogP contribution in [0.1, 0.15) is 11.1 Å². The van der Waals surface area contributed by atoms with Crippen molar-refractivity contribution in [1.82, 2.24) is 0 Å². The number of rotatable bonds is 4. The maximum absolute atomic E-state index is 10.6. The molecule has 0 saturated heterocycles. The summed E-state index contributed by atoms with van der Waals surface area (Å²) in [5.74, 6) is -1.51. The molecule has 0 aliphatic carbocycles. The molecular weight excluding hydrogens is 225 g/mol. The van der Waals surface area contributed by atoms with E-state index in [9.17, 15) is 9.90 Å². The van der Waals surface area contributed by atoms with Crippen molar-refractivity contribution in [2.24, 2.45) is 5.73 Å². The smallest absolute Gasteiger partial charge is 0.492 e. The zero-order chi connectivity index (χ0) is 13.2. The van der Waals surface area contributed by atoms with Crippen LogP contribution in [0.15, 0.2) is 12.1 Å². The van der Waals surface area contributed by atoms with Gasteiger partial charge in [0.25, 0.3) is 0 Å². The van der Waals surface area contributed by atoms with Crippen LogP contribution in [0.2, 0.25) is 0 Å². The van der Waals surface area contributed by atoms with Crippen LogP contribution in [-0.4, -0.2) is 39.4 Å². The van der Waals surface area contributed by atoms with Gasteiger partial charge in [-0.25, -0.2) is 0 Å². The van der Waals surface area contributed by atoms with Crippen molar-refractivity contribution in [3.05, 3.63) is 23.3 Å². The number of hydrogen-bond donors (Lipinski definition) is 5. The summed E-state index contributed by atoms with van der Waals surface area (Å²) in [6.45, 7) is 1.61. The highest BCUT2D eigenvalue weighted by Crippen LogP contribution is 2.18. The first-order chi connectivity index (χ1) is 7.84. The van der Waals surface area contributed by atoms with Crippen LogP contribution < -0.4 is 11.2 Å². The highest BCUT2D eigenvalue weighted by Gasteiger charge is 2.23. The van der Waals surface area contributed by atoms with Gasteiger partial charge in [-0.05, 0) is 18.1 Å². The molecule has 1 rings (SSSR count). The van der Waals surface area contributed by atoms with Gasteiger partial charge in [0.05, 0.1) is 0 Å². The Morgan fingerprint density at radius 2 is 2.06 bits per heavy atom. The van der Waals surface area contributed by atoms with Gasteiger partial charge in [0.1, 0.15) is 11.8 Å². The Morgan fingerprint density at radius 1 is 1.47 bits per heavy atom. The zero-order valence-corrected chi connectivity index (χ0v) is 9.29. The highest BCUT2D eigenvalue weighted by atomic mass is 16.4. The van der Waals surface area contributed by atoms with Crippen molar-refractivity contribution in [3.8, 4) is 5.75 Å². The second-order valence-corrected chi connectivity index (χ2v) is 3.83. The average Bonchev–Trinajstić information content (AvgIpc) is 2.21. The number of carboxylic acid groups (broad SMARTS) is 1. The summed E-state index contributed by atoms with van der Waals surface area (Å²) in [6.07, 6.45) is -0.0822. The van der Waals surface area contributed by atoms with Gasteiger partial charge in [-0.3, -0.25) is 4.79 Å². The van der Waals surface area contributed by atoms with Gasteiger partial charge in [0.2, 0.25) is 0 Å². The van der Waals surface area contributed by atoms with E-state index in [2.05, 4.69) is 0 Å². The summed E-state index contributed by atoms with van der Waals surface area (Å²) in [7, 11) is -1.81. The van der Waals surface area contributed by atoms with Gasteiger partial charge in [0, 0.05) is 11.9 Å². The molecule has 0 radical (unpaired) electrons. The van der Waals surface area contributed by atoms with Gasteiger partial charge < -0.3 is 26.0 Å². The van der Waals surface area contributed by atoms with Crippen LogP contribution in [0.5, 0.6) is 5.75 Å². The molecule has 17 heavy (non-hydrogen) atoms. The minimum absolute atomic E-state index is 0.0277. The molecule has 7 heteroatoms. The fourth-order valence-corrected chi connectivity index (χ4v) is 1.57. The van der Waals surface area contributed by atoms with Crippen LogP contribution in [0, 0.1) is 6.92 Å². The first kappa shape index (κ1) is 13.5. The van der Waals surface area contributed by atoms with E-state index in [1.807, 2.05) is 0 Å². The molecule has 1 atom stereocenters. The summed E-state index contributed by atoms with van der Waals surface area (Å²) < 4.78 is 0. The molecule has 1 aromatic carbocycles. The lowest BCUT2D eigenvalue weighted by molar-refractivity contribution is -0.138. The molecule has 0 aromatic heterocycles. The van der Waals surface area contributed by atoms with E-state index in [1.165, 1.54) is 6.07 Å². The quantitative estimate of drug-likeness (QED) is 0.400. The third-order valence-corrected chi connectivity index (χ3v) is 2.53. The van der Waals surface area contributed by atoms with Gasteiger partial charge in [-0.1, -0.05) is 12.1 Å². The second-order valence-electron chi connectivity index (χ2n) is 3.83. The lowest BCUT2D eigenvalue weighted by atomic mass is 9.75. The molecule has 6 N–H and O–H groups in total. The Labute approximate surface area is 98.5 Å². The Balaban J connectivity index is 3.11. The Hall–Kier alpha value is -1.57. The summed E-state index contributed by atoms with van der Waals surface area (Å²) >= 11 is 0. The van der Waals surface area contributed by atoms with Crippen LogP contribution in [0.3, 0.4) is 0 Å². The number of nitrogens with two attached hydrogens (primary N) is 1. The summed E-state index contributed by atoms with van der Waals surface area (Å²) in [6, 6.07) is 1.94. The third-order valence-electron chi connectivity index (χ3n) is 2.53. The van der Waals surface area contributed by atoms with Gasteiger partial charge in [0.15, 0.2) is 0 Å². The van der Waals surface area contributed by atoms with Gasteiger partial charge in [-0.15, -0.1) is 0 Å². The number of aromatic hydroxyl groups is 1. The number of benzene rings is 1. The SMILES string of the molecule is Cc1ccc(CC(N)C(=O)O)c(O)c1B(O)O. The molecule has 0 spiro atoms. The lowest BCUT2D eigenvalue weighted by Crippen LogP contribution is -2.35. The Kier molecular flexibility index (Phi) is 4.11. The highest BCUT2D eigenvalue weighted by molar-refractivity contribution is 6.60. The van der Waals surface area contributed by atoms with Gasteiger partial charge >= 0.3 is 13.1 Å². The minimum atomic E-state index is -1.81. The fourth-order valence-electron chi connectivity index (χ4n) is 1.57. The van der Waals surface area contributed by atoms with Crippen molar-refractivity contribution in [2.45, 2.75) is 19.4 Å². The molecular formula is C10H14BNO5. The predicted octanol–water partition coefficient (Wildman–Crippen LogP) is -1.67. The molecule has 1 unspecified atom stereocenters. The topological polar surface area (TPSA) is 124 Å². The van der Waals surface area contributed by atoms with E-state index in [1.54, 1.807) is 13.0 Å². The Morgan fingerprint density at radius 3 is 2.53 bits per heavy atom. The van der Waals surface area contributed by atoms with Crippen molar-refractivity contribution in [2.75, 3.05) is 0 Å². The third kappa shape index (κ3) is 2.97. The predicted molar refractivity (Wildman–Crippen MR) is 62.0 cm³/mol. The van der Waals surface area contributed by atoms with Crippen molar-refractivity contribution in [1.29, 1.82) is 0 Å². The van der Waals surface area contributed by atoms with Crippen LogP contribution in [0.4, 0.5) is 0 Å². The van der Waals surface area contributed by atoms with E-state index < -0.39 is 19.1 Å². The number of hydrogen-bond acceptors (Lipinski definition) is 5. The van der Waals surface area contributed by atoms with Gasteiger partial charge in [-0.2, -0.15) is 0 Å². The zero-order valence-electron chi connectivity index (χ0n) is 9.29. The lowest BCUT2D eigenvalue weighted by Gasteiger charge is -2.13. The molecule has 6 nitrogen and oxygen atoms in total. The number of carboxylic acids is 1. The summed E-state index contributed by atoms with van der Waals surface area (Å²) in [4.78, 5) is 10.6. The second kappa shape index (κ2) is 5.18. The van der Waals surface area contributed by atoms with Crippen molar-refractivity contribution >= 4 is 18.6 Å². The maximum Gasteiger partial charge on any atom is 0.492 e. The summed E-state index contributed by atoms with van der Waals surface area (Å²) in [5.41, 5.74) is 6.09. The Bertz CT molecular complexity index is 435.